The number of hydrogen-bond donors (Lipinski definition) is 0. The van der Waals surface area contributed by atoms with Crippen molar-refractivity contribution >= 4 is 21.7 Å². The van der Waals surface area contributed by atoms with Crippen molar-refractivity contribution in [1.29, 1.82) is 0 Å². The molecular weight excluding hydrogens is 328 g/mol. The SMILES string of the molecule is CC(C)c1cccc2nc(CC(C)(C)c3cccc4ccncc34)ccc12. The fourth-order valence-electron chi connectivity index (χ4n) is 4.07. The predicted molar refractivity (Wildman–Crippen MR) is 114 cm³/mol. The van der Waals surface area contributed by atoms with Crippen LogP contribution in [-0.2, 0) is 11.8 Å². The zero-order valence-corrected chi connectivity index (χ0v) is 16.5. The summed E-state index contributed by atoms with van der Waals surface area (Å²) in [5.74, 6) is 0.501. The minimum Gasteiger partial charge on any atom is -0.264 e. The number of hydrogen-bond acceptors (Lipinski definition) is 2. The number of nitrogens with zero attached hydrogens (tertiary/aromatic N) is 2. The normalized spacial score (nSPS) is 12.2. The van der Waals surface area contributed by atoms with E-state index >= 15 is 0 Å². The molecule has 27 heavy (non-hydrogen) atoms. The highest BCUT2D eigenvalue weighted by atomic mass is 14.7. The summed E-state index contributed by atoms with van der Waals surface area (Å²) in [6.45, 7) is 9.07. The van der Waals surface area contributed by atoms with Gasteiger partial charge in [-0.1, -0.05) is 64.1 Å². The Balaban J connectivity index is 1.74. The van der Waals surface area contributed by atoms with E-state index in [1.54, 1.807) is 0 Å². The van der Waals surface area contributed by atoms with Gasteiger partial charge in [0.2, 0.25) is 0 Å². The van der Waals surface area contributed by atoms with Gasteiger partial charge in [-0.2, -0.15) is 0 Å². The fourth-order valence-corrected chi connectivity index (χ4v) is 4.07. The molecule has 0 aliphatic heterocycles. The van der Waals surface area contributed by atoms with E-state index < -0.39 is 0 Å². The summed E-state index contributed by atoms with van der Waals surface area (Å²) < 4.78 is 0. The average Bonchev–Trinajstić information content (AvgIpc) is 2.66. The molecule has 2 aromatic carbocycles. The van der Waals surface area contributed by atoms with E-state index in [1.807, 2.05) is 12.4 Å². The summed E-state index contributed by atoms with van der Waals surface area (Å²) in [6.07, 6.45) is 4.73. The number of rotatable bonds is 4. The predicted octanol–water partition coefficient (Wildman–Crippen LogP) is 6.43. The Bertz CT molecular complexity index is 1100. The zero-order chi connectivity index (χ0) is 19.0. The lowest BCUT2D eigenvalue weighted by Crippen LogP contribution is -2.21. The fraction of sp³-hybridized carbons (Fsp3) is 0.280. The maximum Gasteiger partial charge on any atom is 0.0708 e. The number of benzene rings is 2. The highest BCUT2D eigenvalue weighted by Crippen LogP contribution is 2.33. The van der Waals surface area contributed by atoms with Gasteiger partial charge in [-0.3, -0.25) is 9.97 Å². The lowest BCUT2D eigenvalue weighted by molar-refractivity contribution is 0.520. The van der Waals surface area contributed by atoms with Crippen LogP contribution in [0.4, 0.5) is 0 Å². The minimum atomic E-state index is -0.0289. The summed E-state index contributed by atoms with van der Waals surface area (Å²) in [4.78, 5) is 9.34. The van der Waals surface area contributed by atoms with Crippen LogP contribution in [0.25, 0.3) is 21.7 Å². The van der Waals surface area contributed by atoms with Gasteiger partial charge in [0.05, 0.1) is 5.52 Å². The van der Waals surface area contributed by atoms with Gasteiger partial charge >= 0.3 is 0 Å². The summed E-state index contributed by atoms with van der Waals surface area (Å²) in [7, 11) is 0. The highest BCUT2D eigenvalue weighted by molar-refractivity contribution is 5.86. The maximum absolute atomic E-state index is 4.99. The third-order valence-electron chi connectivity index (χ3n) is 5.48. The molecule has 4 aromatic rings. The smallest absolute Gasteiger partial charge is 0.0708 e. The Morgan fingerprint density at radius 1 is 0.889 bits per heavy atom. The summed E-state index contributed by atoms with van der Waals surface area (Å²) in [5.41, 5.74) is 4.89. The van der Waals surface area contributed by atoms with Crippen molar-refractivity contribution in [3.05, 3.63) is 83.8 Å². The second-order valence-corrected chi connectivity index (χ2v) is 8.33. The van der Waals surface area contributed by atoms with E-state index in [-0.39, 0.29) is 5.41 Å². The summed E-state index contributed by atoms with van der Waals surface area (Å²) in [5, 5.41) is 3.74. The van der Waals surface area contributed by atoms with Crippen LogP contribution in [0.2, 0.25) is 0 Å². The molecule has 0 atom stereocenters. The Morgan fingerprint density at radius 3 is 2.52 bits per heavy atom. The molecular formula is C25H26N2. The van der Waals surface area contributed by atoms with E-state index in [4.69, 9.17) is 4.98 Å². The second-order valence-electron chi connectivity index (χ2n) is 8.33. The molecule has 0 saturated heterocycles. The van der Waals surface area contributed by atoms with E-state index in [2.05, 4.69) is 87.3 Å². The lowest BCUT2D eigenvalue weighted by Gasteiger charge is -2.26. The van der Waals surface area contributed by atoms with E-state index in [1.165, 1.54) is 27.3 Å². The van der Waals surface area contributed by atoms with Crippen molar-refractivity contribution in [1.82, 2.24) is 9.97 Å². The Kier molecular flexibility index (Phi) is 4.43. The molecule has 2 heteroatoms. The molecule has 0 amide bonds. The van der Waals surface area contributed by atoms with Gasteiger partial charge in [-0.05, 0) is 52.5 Å². The molecule has 0 aliphatic rings. The first-order valence-electron chi connectivity index (χ1n) is 9.67. The Morgan fingerprint density at radius 2 is 1.70 bits per heavy atom. The maximum atomic E-state index is 4.99. The molecule has 4 rings (SSSR count). The molecule has 0 N–H and O–H groups in total. The van der Waals surface area contributed by atoms with Gasteiger partial charge in [-0.15, -0.1) is 0 Å². The minimum absolute atomic E-state index is 0.0289. The molecule has 0 aliphatic carbocycles. The molecule has 0 unspecified atom stereocenters. The molecule has 0 saturated carbocycles. The second kappa shape index (κ2) is 6.77. The largest absolute Gasteiger partial charge is 0.264 e. The molecule has 0 fully saturated rings. The van der Waals surface area contributed by atoms with Crippen molar-refractivity contribution in [2.24, 2.45) is 0 Å². The first kappa shape index (κ1) is 17.7. The van der Waals surface area contributed by atoms with E-state index in [0.29, 0.717) is 5.92 Å². The zero-order valence-electron chi connectivity index (χ0n) is 16.5. The van der Waals surface area contributed by atoms with E-state index in [9.17, 15) is 0 Å². The molecule has 2 heterocycles. The quantitative estimate of drug-likeness (QED) is 0.422. The monoisotopic (exact) mass is 354 g/mol. The average molecular weight is 354 g/mol. The highest BCUT2D eigenvalue weighted by Gasteiger charge is 2.24. The number of pyridine rings is 2. The molecule has 2 aromatic heterocycles. The summed E-state index contributed by atoms with van der Waals surface area (Å²) in [6, 6.07) is 19.5. The van der Waals surface area contributed by atoms with Crippen LogP contribution in [0.1, 0.15) is 50.4 Å². The Hall–Kier alpha value is -2.74. The van der Waals surface area contributed by atoms with Gasteiger partial charge < -0.3 is 0 Å². The molecule has 2 nitrogen and oxygen atoms in total. The van der Waals surface area contributed by atoms with Gasteiger partial charge in [0, 0.05) is 28.9 Å². The number of fused-ring (bicyclic) bond motifs is 2. The van der Waals surface area contributed by atoms with Crippen LogP contribution in [-0.4, -0.2) is 9.97 Å². The van der Waals surface area contributed by atoms with Crippen LogP contribution >= 0.6 is 0 Å². The summed E-state index contributed by atoms with van der Waals surface area (Å²) >= 11 is 0. The molecule has 0 bridgehead atoms. The molecule has 136 valence electrons. The van der Waals surface area contributed by atoms with Crippen molar-refractivity contribution in [3.8, 4) is 0 Å². The topological polar surface area (TPSA) is 25.8 Å². The molecule has 0 spiro atoms. The van der Waals surface area contributed by atoms with Crippen molar-refractivity contribution in [2.45, 2.75) is 45.4 Å². The van der Waals surface area contributed by atoms with Crippen molar-refractivity contribution in [2.75, 3.05) is 0 Å². The number of aromatic nitrogens is 2. The van der Waals surface area contributed by atoms with Gasteiger partial charge in [0.25, 0.3) is 0 Å². The van der Waals surface area contributed by atoms with Crippen molar-refractivity contribution < 1.29 is 0 Å². The van der Waals surface area contributed by atoms with Crippen LogP contribution in [0.5, 0.6) is 0 Å². The van der Waals surface area contributed by atoms with Crippen molar-refractivity contribution in [3.63, 3.8) is 0 Å². The third kappa shape index (κ3) is 3.32. The van der Waals surface area contributed by atoms with Gasteiger partial charge in [0.1, 0.15) is 0 Å². The van der Waals surface area contributed by atoms with Crippen LogP contribution in [0.3, 0.4) is 0 Å². The standard InChI is InChI=1S/C25H26N2/c1-17(2)20-8-6-10-24-21(20)12-11-19(27-24)15-25(3,4)23-9-5-7-18-13-14-26-16-22(18)23/h5-14,16-17H,15H2,1-4H3. The third-order valence-corrected chi connectivity index (χ3v) is 5.48. The first-order chi connectivity index (χ1) is 13.0. The van der Waals surface area contributed by atoms with E-state index in [0.717, 1.165) is 17.6 Å². The van der Waals surface area contributed by atoms with Crippen LogP contribution < -0.4 is 0 Å². The Labute approximate surface area is 161 Å². The van der Waals surface area contributed by atoms with Gasteiger partial charge in [0.15, 0.2) is 0 Å². The first-order valence-corrected chi connectivity index (χ1v) is 9.67. The lowest BCUT2D eigenvalue weighted by atomic mass is 9.78. The molecule has 0 radical (unpaired) electrons. The van der Waals surface area contributed by atoms with Crippen LogP contribution in [0.15, 0.2) is 67.0 Å². The van der Waals surface area contributed by atoms with Gasteiger partial charge in [-0.25, -0.2) is 0 Å². The van der Waals surface area contributed by atoms with Crippen LogP contribution in [0, 0.1) is 0 Å².